The lowest BCUT2D eigenvalue weighted by Gasteiger charge is -2.08. The number of hydrogen-bond acceptors (Lipinski definition) is 5. The van der Waals surface area contributed by atoms with Gasteiger partial charge in [0.05, 0.1) is 0 Å². The first-order valence-electron chi connectivity index (χ1n) is 5.75. The number of carbonyl (C=O) groups is 2. The van der Waals surface area contributed by atoms with Crippen LogP contribution in [-0.4, -0.2) is 33.7 Å². The average Bonchev–Trinajstić information content (AvgIpc) is 2.62. The van der Waals surface area contributed by atoms with Crippen molar-refractivity contribution in [3.63, 3.8) is 0 Å². The molecule has 1 amide bonds. The molecule has 7 heteroatoms. The maximum Gasteiger partial charge on any atom is 0.303 e. The zero-order valence-corrected chi connectivity index (χ0v) is 10.5. The van der Waals surface area contributed by atoms with Gasteiger partial charge in [0.15, 0.2) is 5.82 Å². The van der Waals surface area contributed by atoms with Crippen molar-refractivity contribution in [2.24, 2.45) is 5.92 Å². The first kappa shape index (κ1) is 14.1. The number of carbonyl (C=O) groups excluding carboxylic acids is 1. The van der Waals surface area contributed by atoms with Gasteiger partial charge in [-0.3, -0.25) is 9.59 Å². The largest absolute Gasteiger partial charge is 0.481 e. The molecule has 0 saturated carbocycles. The van der Waals surface area contributed by atoms with E-state index in [2.05, 4.69) is 15.5 Å². The van der Waals surface area contributed by atoms with Crippen LogP contribution in [0, 0.1) is 12.8 Å². The van der Waals surface area contributed by atoms with Gasteiger partial charge >= 0.3 is 5.97 Å². The summed E-state index contributed by atoms with van der Waals surface area (Å²) in [4.78, 5) is 25.9. The third-order valence-corrected chi connectivity index (χ3v) is 2.29. The Kier molecular flexibility index (Phi) is 5.29. The third-order valence-electron chi connectivity index (χ3n) is 2.29. The second-order valence-corrected chi connectivity index (χ2v) is 4.24. The standard InChI is InChI=1S/C11H17N3O4/c1-7(6-11(16)17)5-9(15)12-4-3-10-13-8(2)14-18-10/h7H,3-6H2,1-2H3,(H,12,15)(H,16,17). The molecule has 2 N–H and O–H groups in total. The quantitative estimate of drug-likeness (QED) is 0.736. The number of nitrogens with zero attached hydrogens (tertiary/aromatic N) is 2. The number of aliphatic carboxylic acids is 1. The molecule has 0 saturated heterocycles. The first-order chi connectivity index (χ1) is 8.47. The molecule has 1 heterocycles. The Balaban J connectivity index is 2.19. The van der Waals surface area contributed by atoms with E-state index in [0.717, 1.165) is 0 Å². The minimum atomic E-state index is -0.892. The van der Waals surface area contributed by atoms with Crippen LogP contribution in [0.4, 0.5) is 0 Å². The monoisotopic (exact) mass is 255 g/mol. The van der Waals surface area contributed by atoms with Crippen LogP contribution in [0.5, 0.6) is 0 Å². The van der Waals surface area contributed by atoms with Crippen molar-refractivity contribution in [2.75, 3.05) is 6.54 Å². The van der Waals surface area contributed by atoms with Gasteiger partial charge in [-0.1, -0.05) is 12.1 Å². The number of hydrogen-bond donors (Lipinski definition) is 2. The van der Waals surface area contributed by atoms with E-state index in [9.17, 15) is 9.59 Å². The molecule has 1 aromatic rings. The predicted molar refractivity (Wildman–Crippen MR) is 61.8 cm³/mol. The Morgan fingerprint density at radius 3 is 2.72 bits per heavy atom. The molecule has 7 nitrogen and oxygen atoms in total. The Morgan fingerprint density at radius 1 is 1.44 bits per heavy atom. The highest BCUT2D eigenvalue weighted by Crippen LogP contribution is 2.06. The van der Waals surface area contributed by atoms with Crippen LogP contribution < -0.4 is 5.32 Å². The number of nitrogens with one attached hydrogen (secondary N) is 1. The van der Waals surface area contributed by atoms with E-state index >= 15 is 0 Å². The van der Waals surface area contributed by atoms with Crippen LogP contribution in [-0.2, 0) is 16.0 Å². The summed E-state index contributed by atoms with van der Waals surface area (Å²) in [5.74, 6) is -0.192. The molecule has 0 spiro atoms. The zero-order valence-electron chi connectivity index (χ0n) is 10.5. The summed E-state index contributed by atoms with van der Waals surface area (Å²) in [6, 6.07) is 0. The molecule has 1 rings (SSSR count). The molecule has 1 aromatic heterocycles. The molecule has 1 unspecified atom stereocenters. The van der Waals surface area contributed by atoms with Gasteiger partial charge in [0.2, 0.25) is 11.8 Å². The maximum atomic E-state index is 11.5. The van der Waals surface area contributed by atoms with Gasteiger partial charge in [-0.2, -0.15) is 4.98 Å². The fraction of sp³-hybridized carbons (Fsp3) is 0.636. The summed E-state index contributed by atoms with van der Waals surface area (Å²) in [6.07, 6.45) is 0.672. The van der Waals surface area contributed by atoms with Gasteiger partial charge in [0, 0.05) is 25.8 Å². The summed E-state index contributed by atoms with van der Waals surface area (Å²) in [5.41, 5.74) is 0. The molecule has 0 radical (unpaired) electrons. The van der Waals surface area contributed by atoms with Gasteiger partial charge in [-0.25, -0.2) is 0 Å². The number of aromatic nitrogens is 2. The Morgan fingerprint density at radius 2 is 2.17 bits per heavy atom. The van der Waals surface area contributed by atoms with Crippen molar-refractivity contribution in [1.82, 2.24) is 15.5 Å². The number of carboxylic acid groups (broad SMARTS) is 1. The van der Waals surface area contributed by atoms with E-state index in [4.69, 9.17) is 9.63 Å². The van der Waals surface area contributed by atoms with Crippen molar-refractivity contribution in [3.05, 3.63) is 11.7 Å². The Hall–Kier alpha value is -1.92. The van der Waals surface area contributed by atoms with Crippen LogP contribution in [0.2, 0.25) is 0 Å². The molecule has 1 atom stereocenters. The smallest absolute Gasteiger partial charge is 0.303 e. The summed E-state index contributed by atoms with van der Waals surface area (Å²) in [7, 11) is 0. The van der Waals surface area contributed by atoms with Crippen molar-refractivity contribution in [3.8, 4) is 0 Å². The van der Waals surface area contributed by atoms with Crippen LogP contribution >= 0.6 is 0 Å². The SMILES string of the molecule is Cc1noc(CCNC(=O)CC(C)CC(=O)O)n1. The van der Waals surface area contributed by atoms with Crippen LogP contribution in [0.25, 0.3) is 0 Å². The van der Waals surface area contributed by atoms with Crippen molar-refractivity contribution < 1.29 is 19.2 Å². The molecule has 18 heavy (non-hydrogen) atoms. The Bertz CT molecular complexity index is 416. The molecular weight excluding hydrogens is 238 g/mol. The van der Waals surface area contributed by atoms with Crippen molar-refractivity contribution in [2.45, 2.75) is 33.1 Å². The van der Waals surface area contributed by atoms with Crippen molar-refractivity contribution >= 4 is 11.9 Å². The fourth-order valence-corrected chi connectivity index (χ4v) is 1.51. The van der Waals surface area contributed by atoms with E-state index in [1.807, 2.05) is 0 Å². The van der Waals surface area contributed by atoms with Crippen molar-refractivity contribution in [1.29, 1.82) is 0 Å². The topological polar surface area (TPSA) is 105 Å². The number of carboxylic acids is 1. The fourth-order valence-electron chi connectivity index (χ4n) is 1.51. The molecule has 0 aromatic carbocycles. The van der Waals surface area contributed by atoms with Gasteiger partial charge < -0.3 is 14.9 Å². The van der Waals surface area contributed by atoms with Gasteiger partial charge in [0.1, 0.15) is 0 Å². The summed E-state index contributed by atoms with van der Waals surface area (Å²) >= 11 is 0. The molecule has 100 valence electrons. The number of amides is 1. The lowest BCUT2D eigenvalue weighted by atomic mass is 10.0. The minimum Gasteiger partial charge on any atom is -0.481 e. The number of rotatable bonds is 7. The van der Waals surface area contributed by atoms with Crippen LogP contribution in [0.3, 0.4) is 0 Å². The van der Waals surface area contributed by atoms with E-state index in [0.29, 0.717) is 24.7 Å². The minimum absolute atomic E-state index is 0.00370. The highest BCUT2D eigenvalue weighted by Gasteiger charge is 2.12. The zero-order chi connectivity index (χ0) is 13.5. The van der Waals surface area contributed by atoms with Gasteiger partial charge in [0.25, 0.3) is 0 Å². The molecule has 0 aliphatic heterocycles. The maximum absolute atomic E-state index is 11.5. The van der Waals surface area contributed by atoms with E-state index in [1.165, 1.54) is 0 Å². The first-order valence-corrected chi connectivity index (χ1v) is 5.75. The average molecular weight is 255 g/mol. The van der Waals surface area contributed by atoms with E-state index < -0.39 is 5.97 Å². The third kappa shape index (κ3) is 5.42. The number of aryl methyl sites for hydroxylation is 1. The molecule has 0 aliphatic rings. The predicted octanol–water partition coefficient (Wildman–Crippen LogP) is 0.538. The van der Waals surface area contributed by atoms with Gasteiger partial charge in [-0.15, -0.1) is 0 Å². The molecule has 0 bridgehead atoms. The second kappa shape index (κ2) is 6.73. The Labute approximate surface area is 105 Å². The molecule has 0 fully saturated rings. The van der Waals surface area contributed by atoms with Crippen LogP contribution in [0.1, 0.15) is 31.5 Å². The lowest BCUT2D eigenvalue weighted by Crippen LogP contribution is -2.27. The lowest BCUT2D eigenvalue weighted by molar-refractivity contribution is -0.138. The molecule has 0 aliphatic carbocycles. The summed E-state index contributed by atoms with van der Waals surface area (Å²) < 4.78 is 4.89. The van der Waals surface area contributed by atoms with E-state index in [1.54, 1.807) is 13.8 Å². The van der Waals surface area contributed by atoms with E-state index in [-0.39, 0.29) is 24.7 Å². The highest BCUT2D eigenvalue weighted by atomic mass is 16.5. The summed E-state index contributed by atoms with van der Waals surface area (Å²) in [6.45, 7) is 3.86. The normalized spacial score (nSPS) is 12.1. The van der Waals surface area contributed by atoms with Crippen LogP contribution in [0.15, 0.2) is 4.52 Å². The second-order valence-electron chi connectivity index (χ2n) is 4.24. The molecular formula is C11H17N3O4. The highest BCUT2D eigenvalue weighted by molar-refractivity contribution is 5.77. The van der Waals surface area contributed by atoms with Gasteiger partial charge in [-0.05, 0) is 12.8 Å². The summed E-state index contributed by atoms with van der Waals surface area (Å²) in [5, 5.41) is 14.9.